The zero-order chi connectivity index (χ0) is 12.3. The number of hydrogen-bond acceptors (Lipinski definition) is 1. The third-order valence-corrected chi connectivity index (χ3v) is 3.75. The molecular formula is C14H19F2N. The minimum absolute atomic E-state index is 0.247. The first kappa shape index (κ1) is 12.5. The maximum absolute atomic E-state index is 13.5. The SMILES string of the molecule is CNC(Cc1cccc(F)c1F)CC1CCC1. The molecule has 1 aliphatic carbocycles. The van der Waals surface area contributed by atoms with Crippen molar-refractivity contribution in [3.8, 4) is 0 Å². The summed E-state index contributed by atoms with van der Waals surface area (Å²) in [4.78, 5) is 0. The van der Waals surface area contributed by atoms with E-state index in [4.69, 9.17) is 0 Å². The van der Waals surface area contributed by atoms with E-state index >= 15 is 0 Å². The second kappa shape index (κ2) is 5.58. The van der Waals surface area contributed by atoms with Gasteiger partial charge in [-0.2, -0.15) is 0 Å². The first-order valence-electron chi connectivity index (χ1n) is 6.31. The lowest BCUT2D eigenvalue weighted by molar-refractivity contribution is 0.262. The Kier molecular flexibility index (Phi) is 4.11. The summed E-state index contributed by atoms with van der Waals surface area (Å²) in [6.07, 6.45) is 5.51. The first-order chi connectivity index (χ1) is 8.20. The van der Waals surface area contributed by atoms with Crippen LogP contribution in [0.2, 0.25) is 0 Å². The molecule has 0 amide bonds. The van der Waals surface area contributed by atoms with Crippen LogP contribution in [0.5, 0.6) is 0 Å². The zero-order valence-electron chi connectivity index (χ0n) is 10.2. The van der Waals surface area contributed by atoms with Gasteiger partial charge in [0.25, 0.3) is 0 Å². The van der Waals surface area contributed by atoms with E-state index in [1.165, 1.54) is 25.3 Å². The van der Waals surface area contributed by atoms with E-state index in [2.05, 4.69) is 5.32 Å². The normalized spacial score (nSPS) is 17.8. The minimum atomic E-state index is -0.749. The summed E-state index contributed by atoms with van der Waals surface area (Å²) >= 11 is 0. The molecule has 17 heavy (non-hydrogen) atoms. The Morgan fingerprint density at radius 3 is 2.71 bits per heavy atom. The maximum Gasteiger partial charge on any atom is 0.162 e. The number of nitrogens with one attached hydrogen (secondary N) is 1. The fourth-order valence-corrected chi connectivity index (χ4v) is 2.41. The highest BCUT2D eigenvalue weighted by Gasteiger charge is 2.22. The highest BCUT2D eigenvalue weighted by Crippen LogP contribution is 2.31. The summed E-state index contributed by atoms with van der Waals surface area (Å²) in [6.45, 7) is 0. The molecular weight excluding hydrogens is 220 g/mol. The lowest BCUT2D eigenvalue weighted by Crippen LogP contribution is -2.32. The van der Waals surface area contributed by atoms with E-state index in [0.29, 0.717) is 12.0 Å². The Hall–Kier alpha value is -0.960. The molecule has 1 saturated carbocycles. The van der Waals surface area contributed by atoms with Gasteiger partial charge in [0.1, 0.15) is 0 Å². The van der Waals surface area contributed by atoms with Gasteiger partial charge in [0.05, 0.1) is 0 Å². The molecule has 0 aliphatic heterocycles. The molecule has 0 saturated heterocycles. The largest absolute Gasteiger partial charge is 0.317 e. The van der Waals surface area contributed by atoms with Crippen molar-refractivity contribution in [3.05, 3.63) is 35.4 Å². The summed E-state index contributed by atoms with van der Waals surface area (Å²) in [6, 6.07) is 4.66. The standard InChI is InChI=1S/C14H19F2N/c1-17-12(8-10-4-2-5-10)9-11-6-3-7-13(15)14(11)16/h3,6-7,10,12,17H,2,4-5,8-9H2,1H3. The molecule has 0 spiro atoms. The molecule has 0 heterocycles. The molecule has 1 atom stereocenters. The van der Waals surface area contributed by atoms with Crippen molar-refractivity contribution in [2.45, 2.75) is 38.1 Å². The number of benzene rings is 1. The summed E-state index contributed by atoms with van der Waals surface area (Å²) in [5.74, 6) is -0.675. The van der Waals surface area contributed by atoms with E-state index in [9.17, 15) is 8.78 Å². The number of halogens is 2. The molecule has 1 nitrogen and oxygen atoms in total. The second-order valence-electron chi connectivity index (χ2n) is 4.94. The smallest absolute Gasteiger partial charge is 0.162 e. The first-order valence-corrected chi connectivity index (χ1v) is 6.31. The summed E-state index contributed by atoms with van der Waals surface area (Å²) in [7, 11) is 1.89. The molecule has 0 bridgehead atoms. The lowest BCUT2D eigenvalue weighted by atomic mass is 9.80. The maximum atomic E-state index is 13.5. The number of likely N-dealkylation sites (N-methyl/N-ethyl adjacent to an activating group) is 1. The van der Waals surface area contributed by atoms with Crippen LogP contribution >= 0.6 is 0 Å². The van der Waals surface area contributed by atoms with Crippen molar-refractivity contribution in [2.24, 2.45) is 5.92 Å². The fourth-order valence-electron chi connectivity index (χ4n) is 2.41. The molecule has 1 fully saturated rings. The average Bonchev–Trinajstić information content (AvgIpc) is 2.27. The van der Waals surface area contributed by atoms with Gasteiger partial charge in [0.2, 0.25) is 0 Å². The Labute approximate surface area is 101 Å². The fraction of sp³-hybridized carbons (Fsp3) is 0.571. The van der Waals surface area contributed by atoms with Gasteiger partial charge in [-0.15, -0.1) is 0 Å². The van der Waals surface area contributed by atoms with Crippen LogP contribution in [0.15, 0.2) is 18.2 Å². The number of hydrogen-bond donors (Lipinski definition) is 1. The molecule has 1 aromatic carbocycles. The third kappa shape index (κ3) is 3.03. The molecule has 1 aromatic rings. The van der Waals surface area contributed by atoms with Gasteiger partial charge in [0.15, 0.2) is 11.6 Å². The monoisotopic (exact) mass is 239 g/mol. The van der Waals surface area contributed by atoms with Crippen LogP contribution in [-0.4, -0.2) is 13.1 Å². The highest BCUT2D eigenvalue weighted by molar-refractivity contribution is 5.20. The Bertz CT molecular complexity index is 374. The zero-order valence-corrected chi connectivity index (χ0v) is 10.2. The lowest BCUT2D eigenvalue weighted by Gasteiger charge is -2.29. The third-order valence-electron chi connectivity index (χ3n) is 3.75. The quantitative estimate of drug-likeness (QED) is 0.831. The van der Waals surface area contributed by atoms with Gasteiger partial charge in [-0.3, -0.25) is 0 Å². The van der Waals surface area contributed by atoms with Crippen molar-refractivity contribution < 1.29 is 8.78 Å². The van der Waals surface area contributed by atoms with E-state index in [-0.39, 0.29) is 6.04 Å². The van der Waals surface area contributed by atoms with E-state index in [1.807, 2.05) is 7.05 Å². The Morgan fingerprint density at radius 2 is 2.12 bits per heavy atom. The summed E-state index contributed by atoms with van der Waals surface area (Å²) in [5.41, 5.74) is 0.476. The Morgan fingerprint density at radius 1 is 1.35 bits per heavy atom. The van der Waals surface area contributed by atoms with E-state index < -0.39 is 11.6 Å². The molecule has 2 rings (SSSR count). The van der Waals surface area contributed by atoms with Crippen LogP contribution in [-0.2, 0) is 6.42 Å². The van der Waals surface area contributed by atoms with Gasteiger partial charge in [-0.1, -0.05) is 31.4 Å². The molecule has 94 valence electrons. The van der Waals surface area contributed by atoms with Crippen LogP contribution in [0.4, 0.5) is 8.78 Å². The average molecular weight is 239 g/mol. The van der Waals surface area contributed by atoms with Crippen molar-refractivity contribution >= 4 is 0 Å². The summed E-state index contributed by atoms with van der Waals surface area (Å²) < 4.78 is 26.6. The number of rotatable bonds is 5. The van der Waals surface area contributed by atoms with Crippen molar-refractivity contribution in [3.63, 3.8) is 0 Å². The van der Waals surface area contributed by atoms with E-state index in [1.54, 1.807) is 12.1 Å². The predicted octanol–water partition coefficient (Wildman–Crippen LogP) is 3.29. The minimum Gasteiger partial charge on any atom is -0.317 e. The van der Waals surface area contributed by atoms with Gasteiger partial charge in [-0.05, 0) is 37.4 Å². The van der Waals surface area contributed by atoms with Crippen LogP contribution in [0, 0.1) is 17.6 Å². The molecule has 1 N–H and O–H groups in total. The molecule has 0 aromatic heterocycles. The van der Waals surface area contributed by atoms with Crippen LogP contribution in [0.1, 0.15) is 31.2 Å². The van der Waals surface area contributed by atoms with Crippen molar-refractivity contribution in [2.75, 3.05) is 7.05 Å². The van der Waals surface area contributed by atoms with Crippen LogP contribution < -0.4 is 5.32 Å². The van der Waals surface area contributed by atoms with Crippen molar-refractivity contribution in [1.82, 2.24) is 5.32 Å². The molecule has 3 heteroatoms. The van der Waals surface area contributed by atoms with Gasteiger partial charge >= 0.3 is 0 Å². The van der Waals surface area contributed by atoms with E-state index in [0.717, 1.165) is 12.3 Å². The molecule has 1 aliphatic rings. The van der Waals surface area contributed by atoms with Gasteiger partial charge in [0, 0.05) is 6.04 Å². The molecule has 0 radical (unpaired) electrons. The predicted molar refractivity (Wildman–Crippen MR) is 64.9 cm³/mol. The van der Waals surface area contributed by atoms with Crippen LogP contribution in [0.3, 0.4) is 0 Å². The van der Waals surface area contributed by atoms with Crippen LogP contribution in [0.25, 0.3) is 0 Å². The second-order valence-corrected chi connectivity index (χ2v) is 4.94. The van der Waals surface area contributed by atoms with Gasteiger partial charge in [-0.25, -0.2) is 8.78 Å². The Balaban J connectivity index is 1.99. The highest BCUT2D eigenvalue weighted by atomic mass is 19.2. The molecule has 1 unspecified atom stereocenters. The topological polar surface area (TPSA) is 12.0 Å². The summed E-state index contributed by atoms with van der Waals surface area (Å²) in [5, 5.41) is 3.21. The van der Waals surface area contributed by atoms with Gasteiger partial charge < -0.3 is 5.32 Å². The van der Waals surface area contributed by atoms with Crippen molar-refractivity contribution in [1.29, 1.82) is 0 Å².